The van der Waals surface area contributed by atoms with Crippen LogP contribution in [0.4, 0.5) is 0 Å². The smallest absolute Gasteiger partial charge is 0.134 e. The van der Waals surface area contributed by atoms with Gasteiger partial charge in [-0.15, -0.1) is 0 Å². The number of hydrogen-bond acceptors (Lipinski definition) is 2. The van der Waals surface area contributed by atoms with Crippen LogP contribution in [0.25, 0.3) is 0 Å². The molecule has 2 atom stereocenters. The molecule has 3 rings (SSSR count). The zero-order chi connectivity index (χ0) is 14.3. The van der Waals surface area contributed by atoms with E-state index >= 15 is 0 Å². The van der Waals surface area contributed by atoms with Crippen molar-refractivity contribution in [2.75, 3.05) is 0 Å². The average molecular weight is 289 g/mol. The number of fused-ring (bicyclic) bond motifs is 1. The Morgan fingerprint density at radius 3 is 2.80 bits per heavy atom. The van der Waals surface area contributed by atoms with Gasteiger partial charge >= 0.3 is 0 Å². The van der Waals surface area contributed by atoms with E-state index in [0.717, 1.165) is 11.1 Å². The highest BCUT2D eigenvalue weighted by Crippen LogP contribution is 2.45. The van der Waals surface area contributed by atoms with Crippen molar-refractivity contribution in [3.8, 4) is 5.75 Å². The number of ether oxygens (including phenoxy) is 1. The monoisotopic (exact) mass is 288 g/mol. The minimum Gasteiger partial charge on any atom is -0.482 e. The van der Waals surface area contributed by atoms with Gasteiger partial charge in [0.25, 0.3) is 0 Å². The van der Waals surface area contributed by atoms with Crippen molar-refractivity contribution >= 4 is 11.6 Å². The fraction of sp³-hybridized carbons (Fsp3) is 0.294. The van der Waals surface area contributed by atoms with Crippen LogP contribution < -0.4 is 4.74 Å². The maximum Gasteiger partial charge on any atom is 0.134 e. The Bertz CT molecular complexity index is 653. The Morgan fingerprint density at radius 2 is 2.05 bits per heavy atom. The molecule has 1 N–H and O–H groups in total. The lowest BCUT2D eigenvalue weighted by molar-refractivity contribution is -0.00487. The first-order valence-electron chi connectivity index (χ1n) is 6.72. The number of aliphatic hydroxyl groups is 1. The molecule has 0 aliphatic carbocycles. The Hall–Kier alpha value is -1.51. The van der Waals surface area contributed by atoms with E-state index in [9.17, 15) is 5.11 Å². The van der Waals surface area contributed by atoms with Crippen LogP contribution in [0.3, 0.4) is 0 Å². The van der Waals surface area contributed by atoms with Crippen molar-refractivity contribution in [1.82, 2.24) is 0 Å². The summed E-state index contributed by atoms with van der Waals surface area (Å²) in [7, 11) is 0. The van der Waals surface area contributed by atoms with Crippen LogP contribution in [0.15, 0.2) is 42.5 Å². The quantitative estimate of drug-likeness (QED) is 0.844. The van der Waals surface area contributed by atoms with Gasteiger partial charge in [-0.1, -0.05) is 41.4 Å². The van der Waals surface area contributed by atoms with E-state index in [2.05, 4.69) is 19.1 Å². The summed E-state index contributed by atoms with van der Waals surface area (Å²) in [6, 6.07) is 13.6. The lowest BCUT2D eigenvalue weighted by Crippen LogP contribution is -2.35. The van der Waals surface area contributed by atoms with Crippen LogP contribution in [0.1, 0.15) is 36.1 Å². The van der Waals surface area contributed by atoms with Gasteiger partial charge in [0, 0.05) is 17.0 Å². The molecule has 1 unspecified atom stereocenters. The molecular weight excluding hydrogens is 272 g/mol. The summed E-state index contributed by atoms with van der Waals surface area (Å²) < 4.78 is 6.17. The van der Waals surface area contributed by atoms with Crippen molar-refractivity contribution in [2.45, 2.75) is 32.0 Å². The number of benzene rings is 2. The third kappa shape index (κ3) is 2.30. The highest BCUT2D eigenvalue weighted by atomic mass is 35.5. The molecule has 0 radical (unpaired) electrons. The molecule has 2 aromatic rings. The standard InChI is InChI=1S/C17H17ClO2/c1-11-4-3-5-12(8-11)17(2)10-15(19)14-9-13(18)6-7-16(14)20-17/h3-9,15,19H,10H2,1-2H3/t15-,17?/m0/s1. The molecular formula is C17H17ClO2. The van der Waals surface area contributed by atoms with Crippen LogP contribution in [-0.4, -0.2) is 5.11 Å². The number of rotatable bonds is 1. The van der Waals surface area contributed by atoms with E-state index < -0.39 is 11.7 Å². The number of halogens is 1. The molecule has 2 nitrogen and oxygen atoms in total. The summed E-state index contributed by atoms with van der Waals surface area (Å²) in [4.78, 5) is 0. The summed E-state index contributed by atoms with van der Waals surface area (Å²) in [5.41, 5.74) is 2.51. The van der Waals surface area contributed by atoms with Gasteiger partial charge in [-0.3, -0.25) is 0 Å². The summed E-state index contributed by atoms with van der Waals surface area (Å²) in [6.45, 7) is 4.07. The SMILES string of the molecule is Cc1cccc(C2(C)C[C@H](O)c3cc(Cl)ccc3O2)c1. The van der Waals surface area contributed by atoms with E-state index in [1.165, 1.54) is 5.56 Å². The topological polar surface area (TPSA) is 29.5 Å². The van der Waals surface area contributed by atoms with Crippen molar-refractivity contribution in [2.24, 2.45) is 0 Å². The summed E-state index contributed by atoms with van der Waals surface area (Å²) in [5, 5.41) is 11.0. The van der Waals surface area contributed by atoms with Crippen LogP contribution in [-0.2, 0) is 5.60 Å². The minimum absolute atomic E-state index is 0.518. The second-order valence-electron chi connectivity index (χ2n) is 5.60. The summed E-state index contributed by atoms with van der Waals surface area (Å²) in [5.74, 6) is 0.706. The Kier molecular flexibility index (Phi) is 3.23. The largest absolute Gasteiger partial charge is 0.482 e. The zero-order valence-corrected chi connectivity index (χ0v) is 12.3. The molecule has 0 bridgehead atoms. The van der Waals surface area contributed by atoms with Crippen molar-refractivity contribution in [3.63, 3.8) is 0 Å². The maximum atomic E-state index is 10.4. The lowest BCUT2D eigenvalue weighted by Gasteiger charge is -2.38. The van der Waals surface area contributed by atoms with E-state index in [-0.39, 0.29) is 0 Å². The molecule has 1 aliphatic heterocycles. The van der Waals surface area contributed by atoms with Gasteiger partial charge in [0.2, 0.25) is 0 Å². The number of aryl methyl sites for hydroxylation is 1. The van der Waals surface area contributed by atoms with Gasteiger partial charge in [-0.05, 0) is 37.6 Å². The maximum absolute atomic E-state index is 10.4. The fourth-order valence-electron chi connectivity index (χ4n) is 2.79. The molecule has 0 fully saturated rings. The van der Waals surface area contributed by atoms with E-state index in [4.69, 9.17) is 16.3 Å². The molecule has 0 amide bonds. The average Bonchev–Trinajstić information content (AvgIpc) is 2.40. The summed E-state index contributed by atoms with van der Waals surface area (Å²) in [6.07, 6.45) is -0.0490. The second kappa shape index (κ2) is 4.80. The highest BCUT2D eigenvalue weighted by Gasteiger charge is 2.38. The normalized spacial score (nSPS) is 24.9. The molecule has 1 heterocycles. The van der Waals surface area contributed by atoms with E-state index in [1.807, 2.05) is 25.1 Å². The fourth-order valence-corrected chi connectivity index (χ4v) is 2.97. The van der Waals surface area contributed by atoms with Gasteiger partial charge < -0.3 is 9.84 Å². The molecule has 0 aromatic heterocycles. The molecule has 1 aliphatic rings. The first kappa shape index (κ1) is 13.5. The molecule has 0 saturated carbocycles. The van der Waals surface area contributed by atoms with Crippen molar-refractivity contribution in [1.29, 1.82) is 0 Å². The minimum atomic E-state index is -0.567. The van der Waals surface area contributed by atoms with Crippen LogP contribution in [0.2, 0.25) is 5.02 Å². The van der Waals surface area contributed by atoms with Crippen LogP contribution in [0, 0.1) is 6.92 Å². The first-order valence-corrected chi connectivity index (χ1v) is 7.09. The first-order chi connectivity index (χ1) is 9.48. The molecule has 0 spiro atoms. The predicted octanol–water partition coefficient (Wildman–Crippen LogP) is 4.38. The van der Waals surface area contributed by atoms with Gasteiger partial charge in [-0.25, -0.2) is 0 Å². The van der Waals surface area contributed by atoms with Crippen LogP contribution >= 0.6 is 11.6 Å². The van der Waals surface area contributed by atoms with E-state index in [0.29, 0.717) is 17.2 Å². The second-order valence-corrected chi connectivity index (χ2v) is 6.04. The van der Waals surface area contributed by atoms with Gasteiger partial charge in [0.05, 0.1) is 6.10 Å². The predicted molar refractivity (Wildman–Crippen MR) is 80.2 cm³/mol. The third-order valence-electron chi connectivity index (χ3n) is 3.88. The molecule has 0 saturated heterocycles. The molecule has 20 heavy (non-hydrogen) atoms. The molecule has 2 aromatic carbocycles. The van der Waals surface area contributed by atoms with Crippen molar-refractivity contribution in [3.05, 3.63) is 64.2 Å². The van der Waals surface area contributed by atoms with Gasteiger partial charge in [-0.2, -0.15) is 0 Å². The molecule has 3 heteroatoms. The lowest BCUT2D eigenvalue weighted by atomic mass is 9.84. The summed E-state index contributed by atoms with van der Waals surface area (Å²) >= 11 is 5.98. The Balaban J connectivity index is 2.04. The molecule has 104 valence electrons. The van der Waals surface area contributed by atoms with Gasteiger partial charge in [0.1, 0.15) is 11.4 Å². The highest BCUT2D eigenvalue weighted by molar-refractivity contribution is 6.30. The Labute approximate surface area is 124 Å². The number of hydrogen-bond donors (Lipinski definition) is 1. The third-order valence-corrected chi connectivity index (χ3v) is 4.11. The van der Waals surface area contributed by atoms with Crippen molar-refractivity contribution < 1.29 is 9.84 Å². The Morgan fingerprint density at radius 1 is 1.25 bits per heavy atom. The van der Waals surface area contributed by atoms with Crippen LogP contribution in [0.5, 0.6) is 5.75 Å². The van der Waals surface area contributed by atoms with E-state index in [1.54, 1.807) is 12.1 Å². The van der Waals surface area contributed by atoms with Gasteiger partial charge in [0.15, 0.2) is 0 Å². The number of aliphatic hydroxyl groups excluding tert-OH is 1. The zero-order valence-electron chi connectivity index (χ0n) is 11.6.